The first-order valence-electron chi connectivity index (χ1n) is 6.67. The summed E-state index contributed by atoms with van der Waals surface area (Å²) >= 11 is 13.9. The van der Waals surface area contributed by atoms with Crippen LogP contribution < -0.4 is 4.74 Å². The van der Waals surface area contributed by atoms with Crippen molar-refractivity contribution in [2.24, 2.45) is 0 Å². The van der Waals surface area contributed by atoms with Crippen molar-refractivity contribution in [1.29, 1.82) is 0 Å². The van der Waals surface area contributed by atoms with Gasteiger partial charge in [-0.15, -0.1) is 5.10 Å². The highest BCUT2D eigenvalue weighted by Gasteiger charge is 2.15. The largest absolute Gasteiger partial charge is 0.495 e. The molecule has 0 saturated heterocycles. The maximum absolute atomic E-state index is 6.27. The molecule has 0 aliphatic rings. The molecule has 0 N–H and O–H groups in total. The number of tetrazole rings is 1. The quantitative estimate of drug-likeness (QED) is 0.631. The molecule has 8 heteroatoms. The van der Waals surface area contributed by atoms with Crippen LogP contribution in [0.5, 0.6) is 5.75 Å². The number of benzene rings is 2. The van der Waals surface area contributed by atoms with Crippen LogP contribution in [0.3, 0.4) is 0 Å². The predicted molar refractivity (Wildman–Crippen MR) is 91.7 cm³/mol. The number of hydrogen-bond acceptors (Lipinski definition) is 5. The molecule has 23 heavy (non-hydrogen) atoms. The minimum absolute atomic E-state index is 0.438. The number of ether oxygens (including phenoxy) is 1. The molecule has 3 rings (SSSR count). The van der Waals surface area contributed by atoms with E-state index in [1.54, 1.807) is 23.9 Å². The zero-order chi connectivity index (χ0) is 16.2. The number of thioether (sulfide) groups is 1. The molecule has 5 nitrogen and oxygen atoms in total. The molecule has 0 bridgehead atoms. The lowest BCUT2D eigenvalue weighted by atomic mass is 10.2. The number of nitrogens with zero attached hydrogens (tertiary/aromatic N) is 4. The second-order valence-electron chi connectivity index (χ2n) is 4.59. The third-order valence-electron chi connectivity index (χ3n) is 3.10. The molecule has 0 fully saturated rings. The van der Waals surface area contributed by atoms with E-state index in [9.17, 15) is 0 Å². The molecule has 2 aromatic carbocycles. The summed E-state index contributed by atoms with van der Waals surface area (Å²) in [5, 5.41) is 13.3. The SMILES string of the molecule is COc1cc(-n2nnnc2SCc2ccccc2)c(Cl)cc1Cl. The molecule has 1 aromatic heterocycles. The van der Waals surface area contributed by atoms with Crippen LogP contribution in [0.25, 0.3) is 5.69 Å². The van der Waals surface area contributed by atoms with Gasteiger partial charge >= 0.3 is 0 Å². The first-order chi connectivity index (χ1) is 11.2. The van der Waals surface area contributed by atoms with Crippen molar-refractivity contribution in [3.05, 3.63) is 58.1 Å². The fourth-order valence-electron chi connectivity index (χ4n) is 1.98. The fraction of sp³-hybridized carbons (Fsp3) is 0.133. The zero-order valence-electron chi connectivity index (χ0n) is 12.1. The Hall–Kier alpha value is -1.76. The highest BCUT2D eigenvalue weighted by Crippen LogP contribution is 2.34. The van der Waals surface area contributed by atoms with Crippen molar-refractivity contribution in [3.63, 3.8) is 0 Å². The van der Waals surface area contributed by atoms with Crippen LogP contribution >= 0.6 is 35.0 Å². The van der Waals surface area contributed by atoms with Gasteiger partial charge in [-0.05, 0) is 22.1 Å². The van der Waals surface area contributed by atoms with Crippen LogP contribution in [0.2, 0.25) is 10.0 Å². The minimum atomic E-state index is 0.438. The smallest absolute Gasteiger partial charge is 0.214 e. The zero-order valence-corrected chi connectivity index (χ0v) is 14.4. The Morgan fingerprint density at radius 2 is 1.91 bits per heavy atom. The standard InChI is InChI=1S/C15H12Cl2N4OS/c1-22-14-8-13(11(16)7-12(14)17)21-15(18-19-20-21)23-9-10-5-3-2-4-6-10/h2-8H,9H2,1H3. The molecular weight excluding hydrogens is 355 g/mol. The van der Waals surface area contributed by atoms with Crippen molar-refractivity contribution in [2.75, 3.05) is 7.11 Å². The monoisotopic (exact) mass is 366 g/mol. The van der Waals surface area contributed by atoms with Gasteiger partial charge in [0.2, 0.25) is 5.16 Å². The minimum Gasteiger partial charge on any atom is -0.495 e. The van der Waals surface area contributed by atoms with E-state index in [0.29, 0.717) is 26.6 Å². The molecular formula is C15H12Cl2N4OS. The molecule has 0 spiro atoms. The summed E-state index contributed by atoms with van der Waals surface area (Å²) in [6.07, 6.45) is 0. The number of rotatable bonds is 5. The summed E-state index contributed by atoms with van der Waals surface area (Å²) in [5.74, 6) is 1.27. The fourth-order valence-corrected chi connectivity index (χ4v) is 3.36. The van der Waals surface area contributed by atoms with E-state index in [1.165, 1.54) is 17.3 Å². The van der Waals surface area contributed by atoms with Gasteiger partial charge in [-0.2, -0.15) is 4.68 Å². The van der Waals surface area contributed by atoms with Crippen LogP contribution in [0.1, 0.15) is 5.56 Å². The Morgan fingerprint density at radius 3 is 2.65 bits per heavy atom. The first kappa shape index (κ1) is 16.1. The van der Waals surface area contributed by atoms with E-state index in [1.807, 2.05) is 18.2 Å². The van der Waals surface area contributed by atoms with Gasteiger partial charge in [0.05, 0.1) is 22.8 Å². The lowest BCUT2D eigenvalue weighted by molar-refractivity contribution is 0.414. The van der Waals surface area contributed by atoms with Gasteiger partial charge < -0.3 is 4.74 Å². The third-order valence-corrected chi connectivity index (χ3v) is 4.69. The second kappa shape index (κ2) is 7.21. The molecule has 118 valence electrons. The molecule has 0 saturated carbocycles. The Balaban J connectivity index is 1.89. The van der Waals surface area contributed by atoms with Gasteiger partial charge in [0.25, 0.3) is 0 Å². The second-order valence-corrected chi connectivity index (χ2v) is 6.34. The summed E-state index contributed by atoms with van der Waals surface area (Å²) in [4.78, 5) is 0. The van der Waals surface area contributed by atoms with Gasteiger partial charge in [0, 0.05) is 11.8 Å². The van der Waals surface area contributed by atoms with Crippen molar-refractivity contribution in [2.45, 2.75) is 10.9 Å². The van der Waals surface area contributed by atoms with Crippen LogP contribution in [0.15, 0.2) is 47.6 Å². The summed E-state index contributed by atoms with van der Waals surface area (Å²) < 4.78 is 6.81. The summed E-state index contributed by atoms with van der Waals surface area (Å²) in [7, 11) is 1.55. The van der Waals surface area contributed by atoms with Crippen molar-refractivity contribution in [1.82, 2.24) is 20.2 Å². The summed E-state index contributed by atoms with van der Waals surface area (Å²) in [6, 6.07) is 13.4. The Morgan fingerprint density at radius 1 is 1.13 bits per heavy atom. The average molecular weight is 367 g/mol. The molecule has 0 aliphatic carbocycles. The number of hydrogen-bond donors (Lipinski definition) is 0. The van der Waals surface area contributed by atoms with Crippen molar-refractivity contribution in [3.8, 4) is 11.4 Å². The van der Waals surface area contributed by atoms with Gasteiger partial charge in [-0.3, -0.25) is 0 Å². The Kier molecular flexibility index (Phi) is 5.05. The molecule has 0 aliphatic heterocycles. The molecule has 0 atom stereocenters. The maximum atomic E-state index is 6.27. The molecule has 1 heterocycles. The average Bonchev–Trinajstić information content (AvgIpc) is 3.02. The van der Waals surface area contributed by atoms with Crippen LogP contribution in [-0.2, 0) is 5.75 Å². The molecule has 0 amide bonds. The number of halogens is 2. The molecule has 0 unspecified atom stereocenters. The molecule has 3 aromatic rings. The van der Waals surface area contributed by atoms with Crippen molar-refractivity contribution < 1.29 is 4.74 Å². The maximum Gasteiger partial charge on any atom is 0.214 e. The topological polar surface area (TPSA) is 52.8 Å². The molecule has 0 radical (unpaired) electrons. The van der Waals surface area contributed by atoms with E-state index in [4.69, 9.17) is 27.9 Å². The Bertz CT molecular complexity index is 810. The normalized spacial score (nSPS) is 10.7. The predicted octanol–water partition coefficient (Wildman–Crippen LogP) is 4.27. The van der Waals surface area contributed by atoms with Crippen LogP contribution in [0, 0.1) is 0 Å². The van der Waals surface area contributed by atoms with E-state index in [-0.39, 0.29) is 0 Å². The van der Waals surface area contributed by atoms with Gasteiger partial charge in [0.15, 0.2) is 0 Å². The number of aromatic nitrogens is 4. The van der Waals surface area contributed by atoms with Gasteiger partial charge in [-0.1, -0.05) is 65.3 Å². The van der Waals surface area contributed by atoms with E-state index in [2.05, 4.69) is 27.7 Å². The van der Waals surface area contributed by atoms with Gasteiger partial charge in [-0.25, -0.2) is 0 Å². The van der Waals surface area contributed by atoms with Crippen molar-refractivity contribution >= 4 is 35.0 Å². The Labute approximate surface area is 147 Å². The van der Waals surface area contributed by atoms with Crippen LogP contribution in [0.4, 0.5) is 0 Å². The van der Waals surface area contributed by atoms with Gasteiger partial charge in [0.1, 0.15) is 5.75 Å². The lowest BCUT2D eigenvalue weighted by Gasteiger charge is -2.10. The highest BCUT2D eigenvalue weighted by atomic mass is 35.5. The summed E-state index contributed by atoms with van der Waals surface area (Å²) in [5.41, 5.74) is 1.81. The van der Waals surface area contributed by atoms with E-state index < -0.39 is 0 Å². The van der Waals surface area contributed by atoms with E-state index in [0.717, 1.165) is 5.75 Å². The van der Waals surface area contributed by atoms with Crippen LogP contribution in [-0.4, -0.2) is 27.3 Å². The number of methoxy groups -OCH3 is 1. The first-order valence-corrected chi connectivity index (χ1v) is 8.41. The summed E-state index contributed by atoms with van der Waals surface area (Å²) in [6.45, 7) is 0. The van der Waals surface area contributed by atoms with E-state index >= 15 is 0 Å². The highest BCUT2D eigenvalue weighted by molar-refractivity contribution is 7.98. The lowest BCUT2D eigenvalue weighted by Crippen LogP contribution is -2.01. The third kappa shape index (κ3) is 3.60.